The normalized spacial score (nSPS) is 19.4. The highest BCUT2D eigenvalue weighted by atomic mass is 16.6. The van der Waals surface area contributed by atoms with Crippen LogP contribution in [-0.4, -0.2) is 63.2 Å². The summed E-state index contributed by atoms with van der Waals surface area (Å²) in [4.78, 5) is 26.2. The van der Waals surface area contributed by atoms with Crippen LogP contribution in [0.3, 0.4) is 0 Å². The van der Waals surface area contributed by atoms with Gasteiger partial charge in [-0.25, -0.2) is 9.48 Å². The van der Waals surface area contributed by atoms with Gasteiger partial charge in [-0.1, -0.05) is 5.21 Å². The van der Waals surface area contributed by atoms with Crippen molar-refractivity contribution in [3.8, 4) is 0 Å². The molecule has 8 nitrogen and oxygen atoms in total. The molecule has 1 aromatic heterocycles. The maximum Gasteiger partial charge on any atom is 0.411 e. The molecular formula is C13H20N4O4. The summed E-state index contributed by atoms with van der Waals surface area (Å²) in [6.45, 7) is 6.19. The minimum Gasteiger partial charge on any atom is -0.444 e. The van der Waals surface area contributed by atoms with Gasteiger partial charge in [0.2, 0.25) is 5.78 Å². The number of nitrogens with zero attached hydrogens (tertiary/aromatic N) is 4. The number of hydrogen-bond donors (Lipinski definition) is 0. The number of rotatable bonds is 2. The van der Waals surface area contributed by atoms with Crippen LogP contribution < -0.4 is 0 Å². The van der Waals surface area contributed by atoms with Gasteiger partial charge in [-0.2, -0.15) is 0 Å². The Kier molecular flexibility index (Phi) is 4.26. The molecule has 0 saturated carbocycles. The van der Waals surface area contributed by atoms with Crippen molar-refractivity contribution in [1.82, 2.24) is 19.9 Å². The number of hydrogen-bond acceptors (Lipinski definition) is 6. The monoisotopic (exact) mass is 296 g/mol. The van der Waals surface area contributed by atoms with Gasteiger partial charge in [0.15, 0.2) is 0 Å². The lowest BCUT2D eigenvalue weighted by molar-refractivity contribution is -0.0267. The number of amides is 1. The Morgan fingerprint density at radius 3 is 2.71 bits per heavy atom. The van der Waals surface area contributed by atoms with Crippen LogP contribution in [0.25, 0.3) is 0 Å². The highest BCUT2D eigenvalue weighted by Crippen LogP contribution is 2.17. The molecule has 1 amide bonds. The SMILES string of the molecule is Cn1nncc1C(=O)C1COCCN1C(=O)OC(C)(C)C. The van der Waals surface area contributed by atoms with Crippen LogP contribution in [0.1, 0.15) is 31.3 Å². The molecule has 0 aromatic carbocycles. The number of ketones is 1. The second-order valence-electron chi connectivity index (χ2n) is 5.87. The largest absolute Gasteiger partial charge is 0.444 e. The standard InChI is InChI=1S/C13H20N4O4/c1-13(2,3)21-12(19)17-5-6-20-8-10(17)11(18)9-7-14-15-16(9)4/h7,10H,5-6,8H2,1-4H3. The summed E-state index contributed by atoms with van der Waals surface area (Å²) in [5, 5.41) is 7.42. The fourth-order valence-corrected chi connectivity index (χ4v) is 2.04. The Balaban J connectivity index is 2.18. The van der Waals surface area contributed by atoms with E-state index in [1.807, 2.05) is 0 Å². The highest BCUT2D eigenvalue weighted by molar-refractivity contribution is 6.00. The number of ether oxygens (including phenoxy) is 2. The lowest BCUT2D eigenvalue weighted by Gasteiger charge is -2.35. The summed E-state index contributed by atoms with van der Waals surface area (Å²) in [6, 6.07) is -0.717. The van der Waals surface area contributed by atoms with Crippen molar-refractivity contribution < 1.29 is 19.1 Å². The third kappa shape index (κ3) is 3.57. The minimum absolute atomic E-state index is 0.142. The third-order valence-electron chi connectivity index (χ3n) is 3.03. The predicted molar refractivity (Wildman–Crippen MR) is 72.9 cm³/mol. The molecule has 2 rings (SSSR count). The van der Waals surface area contributed by atoms with Gasteiger partial charge >= 0.3 is 6.09 Å². The minimum atomic E-state index is -0.717. The molecule has 0 aliphatic carbocycles. The van der Waals surface area contributed by atoms with Crippen molar-refractivity contribution in [1.29, 1.82) is 0 Å². The predicted octanol–water partition coefficient (Wildman–Crippen LogP) is 0.634. The molecule has 2 heterocycles. The average Bonchev–Trinajstić information content (AvgIpc) is 2.82. The second kappa shape index (κ2) is 5.80. The van der Waals surface area contributed by atoms with Gasteiger partial charge in [-0.3, -0.25) is 9.69 Å². The van der Waals surface area contributed by atoms with E-state index < -0.39 is 17.7 Å². The smallest absolute Gasteiger partial charge is 0.411 e. The maximum absolute atomic E-state index is 12.5. The molecule has 1 aliphatic rings. The topological polar surface area (TPSA) is 86.6 Å². The molecule has 0 radical (unpaired) electrons. The number of Topliss-reactive ketones (excluding diaryl/α,β-unsaturated/α-hetero) is 1. The third-order valence-corrected chi connectivity index (χ3v) is 3.03. The van der Waals surface area contributed by atoms with Crippen molar-refractivity contribution in [3.63, 3.8) is 0 Å². The van der Waals surface area contributed by atoms with Crippen molar-refractivity contribution in [2.45, 2.75) is 32.4 Å². The van der Waals surface area contributed by atoms with Gasteiger partial charge in [0.1, 0.15) is 17.3 Å². The van der Waals surface area contributed by atoms with Gasteiger partial charge in [-0.15, -0.1) is 5.10 Å². The fourth-order valence-electron chi connectivity index (χ4n) is 2.04. The number of carbonyl (C=O) groups is 2. The molecular weight excluding hydrogens is 276 g/mol. The zero-order chi connectivity index (χ0) is 15.6. The maximum atomic E-state index is 12.5. The molecule has 1 fully saturated rings. The van der Waals surface area contributed by atoms with Gasteiger partial charge < -0.3 is 9.47 Å². The number of aromatic nitrogens is 3. The van der Waals surface area contributed by atoms with Gasteiger partial charge in [0.05, 0.1) is 19.4 Å². The Hall–Kier alpha value is -1.96. The summed E-state index contributed by atoms with van der Waals surface area (Å²) >= 11 is 0. The van der Waals surface area contributed by atoms with Crippen LogP contribution in [0.15, 0.2) is 6.20 Å². The fraction of sp³-hybridized carbons (Fsp3) is 0.692. The Bertz CT molecular complexity index is 535. The van der Waals surface area contributed by atoms with E-state index in [1.54, 1.807) is 27.8 Å². The van der Waals surface area contributed by atoms with E-state index in [-0.39, 0.29) is 12.4 Å². The van der Waals surface area contributed by atoms with E-state index in [1.165, 1.54) is 15.8 Å². The lowest BCUT2D eigenvalue weighted by Crippen LogP contribution is -2.54. The quantitative estimate of drug-likeness (QED) is 0.744. The average molecular weight is 296 g/mol. The molecule has 8 heteroatoms. The van der Waals surface area contributed by atoms with Crippen LogP contribution in [0.5, 0.6) is 0 Å². The van der Waals surface area contributed by atoms with Crippen LogP contribution in [0.4, 0.5) is 4.79 Å². The first-order valence-electron chi connectivity index (χ1n) is 6.76. The zero-order valence-corrected chi connectivity index (χ0v) is 12.7. The van der Waals surface area contributed by atoms with Gasteiger partial charge in [0, 0.05) is 13.6 Å². The number of aryl methyl sites for hydroxylation is 1. The first-order valence-corrected chi connectivity index (χ1v) is 6.76. The first kappa shape index (κ1) is 15.4. The van der Waals surface area contributed by atoms with Crippen LogP contribution in [0.2, 0.25) is 0 Å². The van der Waals surface area contributed by atoms with E-state index in [9.17, 15) is 9.59 Å². The van der Waals surface area contributed by atoms with Crippen molar-refractivity contribution in [2.24, 2.45) is 7.05 Å². The summed E-state index contributed by atoms with van der Waals surface area (Å²) in [5.41, 5.74) is -0.282. The molecule has 116 valence electrons. The molecule has 21 heavy (non-hydrogen) atoms. The van der Waals surface area contributed by atoms with E-state index in [4.69, 9.17) is 9.47 Å². The van der Waals surface area contributed by atoms with E-state index >= 15 is 0 Å². The molecule has 0 bridgehead atoms. The van der Waals surface area contributed by atoms with Crippen LogP contribution >= 0.6 is 0 Å². The van der Waals surface area contributed by atoms with Crippen molar-refractivity contribution >= 4 is 11.9 Å². The van der Waals surface area contributed by atoms with E-state index in [0.29, 0.717) is 18.8 Å². The number of morpholine rings is 1. The zero-order valence-electron chi connectivity index (χ0n) is 12.7. The molecule has 1 aliphatic heterocycles. The first-order chi connectivity index (χ1) is 9.79. The second-order valence-corrected chi connectivity index (χ2v) is 5.87. The summed E-state index contributed by atoms with van der Waals surface area (Å²) in [6.07, 6.45) is 0.865. The molecule has 1 unspecified atom stereocenters. The Labute approximate surface area is 123 Å². The molecule has 0 spiro atoms. The van der Waals surface area contributed by atoms with E-state index in [0.717, 1.165) is 0 Å². The number of carbonyl (C=O) groups excluding carboxylic acids is 2. The molecule has 1 saturated heterocycles. The lowest BCUT2D eigenvalue weighted by atomic mass is 10.1. The summed E-state index contributed by atoms with van der Waals surface area (Å²) in [5.74, 6) is -0.256. The summed E-state index contributed by atoms with van der Waals surface area (Å²) in [7, 11) is 1.63. The Morgan fingerprint density at radius 1 is 1.43 bits per heavy atom. The van der Waals surface area contributed by atoms with Crippen LogP contribution in [0, 0.1) is 0 Å². The van der Waals surface area contributed by atoms with E-state index in [2.05, 4.69) is 10.3 Å². The summed E-state index contributed by atoms with van der Waals surface area (Å²) < 4.78 is 12.1. The highest BCUT2D eigenvalue weighted by Gasteiger charge is 2.36. The van der Waals surface area contributed by atoms with Crippen LogP contribution in [-0.2, 0) is 16.5 Å². The van der Waals surface area contributed by atoms with Crippen molar-refractivity contribution in [3.05, 3.63) is 11.9 Å². The molecule has 1 atom stereocenters. The Morgan fingerprint density at radius 2 is 2.14 bits per heavy atom. The van der Waals surface area contributed by atoms with Gasteiger partial charge in [0.25, 0.3) is 0 Å². The molecule has 1 aromatic rings. The van der Waals surface area contributed by atoms with Crippen molar-refractivity contribution in [2.75, 3.05) is 19.8 Å². The molecule has 0 N–H and O–H groups in total. The van der Waals surface area contributed by atoms with Gasteiger partial charge in [-0.05, 0) is 20.8 Å².